The first-order valence-corrected chi connectivity index (χ1v) is 9.86. The maximum atomic E-state index is 13.1. The summed E-state index contributed by atoms with van der Waals surface area (Å²) in [5.74, 6) is 0.336. The molecule has 3 aromatic rings. The molecular formula is C25H26N2O4. The van der Waals surface area contributed by atoms with Gasteiger partial charge in [-0.25, -0.2) is 0 Å². The predicted octanol–water partition coefficient (Wildman–Crippen LogP) is 4.87. The van der Waals surface area contributed by atoms with Crippen molar-refractivity contribution in [2.45, 2.75) is 19.3 Å². The average Bonchev–Trinajstić information content (AvgIpc) is 2.80. The molecule has 0 unspecified atom stereocenters. The molecule has 3 aromatic carbocycles. The number of anilines is 2. The molecule has 0 heterocycles. The number of amides is 2. The van der Waals surface area contributed by atoms with Gasteiger partial charge in [0, 0.05) is 17.7 Å². The van der Waals surface area contributed by atoms with Gasteiger partial charge >= 0.3 is 0 Å². The lowest BCUT2D eigenvalue weighted by molar-refractivity contribution is -0.120. The summed E-state index contributed by atoms with van der Waals surface area (Å²) in [7, 11) is 3.00. The molecule has 0 aliphatic heterocycles. The molecule has 3 rings (SSSR count). The smallest absolute Gasteiger partial charge is 0.255 e. The number of rotatable bonds is 7. The van der Waals surface area contributed by atoms with E-state index in [0.717, 1.165) is 5.56 Å². The normalized spacial score (nSPS) is 10.8. The molecule has 160 valence electrons. The number of benzene rings is 3. The van der Waals surface area contributed by atoms with Crippen molar-refractivity contribution in [3.8, 4) is 11.5 Å². The van der Waals surface area contributed by atoms with Crippen LogP contribution in [0.5, 0.6) is 11.5 Å². The summed E-state index contributed by atoms with van der Waals surface area (Å²) in [5, 5.41) is 5.76. The molecule has 2 amide bonds. The van der Waals surface area contributed by atoms with Crippen molar-refractivity contribution >= 4 is 23.2 Å². The Balaban J connectivity index is 1.88. The van der Waals surface area contributed by atoms with E-state index in [2.05, 4.69) is 10.6 Å². The van der Waals surface area contributed by atoms with Gasteiger partial charge in [0.1, 0.15) is 11.5 Å². The molecule has 0 saturated heterocycles. The Kier molecular flexibility index (Phi) is 6.60. The Morgan fingerprint density at radius 2 is 1.23 bits per heavy atom. The van der Waals surface area contributed by atoms with Gasteiger partial charge in [0.05, 0.1) is 31.0 Å². The van der Waals surface area contributed by atoms with Crippen molar-refractivity contribution in [1.82, 2.24) is 0 Å². The monoisotopic (exact) mass is 418 g/mol. The summed E-state index contributed by atoms with van der Waals surface area (Å²) >= 11 is 0. The van der Waals surface area contributed by atoms with Crippen molar-refractivity contribution < 1.29 is 19.1 Å². The van der Waals surface area contributed by atoms with Crippen molar-refractivity contribution in [3.63, 3.8) is 0 Å². The van der Waals surface area contributed by atoms with Crippen molar-refractivity contribution in [2.75, 3.05) is 24.9 Å². The molecule has 0 radical (unpaired) electrons. The van der Waals surface area contributed by atoms with E-state index in [0.29, 0.717) is 28.4 Å². The molecule has 0 aliphatic rings. The van der Waals surface area contributed by atoms with E-state index in [1.807, 2.05) is 50.2 Å². The van der Waals surface area contributed by atoms with Crippen molar-refractivity contribution in [2.24, 2.45) is 0 Å². The number of carbonyl (C=O) groups is 2. The Morgan fingerprint density at radius 1 is 0.742 bits per heavy atom. The first kappa shape index (κ1) is 21.9. The molecule has 0 aliphatic carbocycles. The van der Waals surface area contributed by atoms with Crippen LogP contribution < -0.4 is 20.1 Å². The van der Waals surface area contributed by atoms with Crippen LogP contribution in [-0.4, -0.2) is 26.0 Å². The van der Waals surface area contributed by atoms with Gasteiger partial charge in [0.2, 0.25) is 5.91 Å². The van der Waals surface area contributed by atoms with Crippen LogP contribution in [0.15, 0.2) is 72.8 Å². The van der Waals surface area contributed by atoms with Crippen LogP contribution in [0.2, 0.25) is 0 Å². The van der Waals surface area contributed by atoms with E-state index in [4.69, 9.17) is 9.47 Å². The standard InChI is InChI=1S/C25H26N2O4/c1-25(2,18-13-9-6-10-14-18)24(29)27-20-16-21(30-3)19(15-22(20)31-4)26-23(28)17-11-7-5-8-12-17/h5-16H,1-4H3,(H,26,28)(H,27,29). The molecular weight excluding hydrogens is 392 g/mol. The van der Waals surface area contributed by atoms with Gasteiger partial charge in [0.25, 0.3) is 5.91 Å². The van der Waals surface area contributed by atoms with Crippen LogP contribution in [0.4, 0.5) is 11.4 Å². The van der Waals surface area contributed by atoms with E-state index < -0.39 is 5.41 Å². The molecule has 0 bridgehead atoms. The van der Waals surface area contributed by atoms with Crippen LogP contribution in [0.25, 0.3) is 0 Å². The van der Waals surface area contributed by atoms with Crippen LogP contribution >= 0.6 is 0 Å². The molecule has 6 nitrogen and oxygen atoms in total. The van der Waals surface area contributed by atoms with E-state index in [1.54, 1.807) is 36.4 Å². The zero-order valence-electron chi connectivity index (χ0n) is 18.1. The van der Waals surface area contributed by atoms with Crippen LogP contribution in [0, 0.1) is 0 Å². The largest absolute Gasteiger partial charge is 0.494 e. The van der Waals surface area contributed by atoms with Gasteiger partial charge in [-0.05, 0) is 31.5 Å². The Bertz CT molecular complexity index is 1060. The average molecular weight is 418 g/mol. The fraction of sp³-hybridized carbons (Fsp3) is 0.200. The van der Waals surface area contributed by atoms with Gasteiger partial charge in [-0.1, -0.05) is 48.5 Å². The molecule has 0 aromatic heterocycles. The maximum Gasteiger partial charge on any atom is 0.255 e. The zero-order chi connectivity index (χ0) is 22.4. The number of ether oxygens (including phenoxy) is 2. The summed E-state index contributed by atoms with van der Waals surface area (Å²) in [6.45, 7) is 3.71. The van der Waals surface area contributed by atoms with E-state index in [9.17, 15) is 9.59 Å². The predicted molar refractivity (Wildman–Crippen MR) is 122 cm³/mol. The topological polar surface area (TPSA) is 76.7 Å². The third-order valence-electron chi connectivity index (χ3n) is 5.12. The van der Waals surface area contributed by atoms with Gasteiger partial charge < -0.3 is 20.1 Å². The van der Waals surface area contributed by atoms with Crippen molar-refractivity contribution in [3.05, 3.63) is 83.9 Å². The molecule has 0 atom stereocenters. The lowest BCUT2D eigenvalue weighted by atomic mass is 9.83. The Labute approximate surface area is 182 Å². The number of hydrogen-bond donors (Lipinski definition) is 2. The van der Waals surface area contributed by atoms with Gasteiger partial charge in [-0.3, -0.25) is 9.59 Å². The SMILES string of the molecule is COc1cc(NC(=O)C(C)(C)c2ccccc2)c(OC)cc1NC(=O)c1ccccc1. The zero-order valence-corrected chi connectivity index (χ0v) is 18.1. The van der Waals surface area contributed by atoms with E-state index >= 15 is 0 Å². The van der Waals surface area contributed by atoms with Crippen LogP contribution in [0.1, 0.15) is 29.8 Å². The minimum Gasteiger partial charge on any atom is -0.494 e. The Morgan fingerprint density at radius 3 is 1.74 bits per heavy atom. The highest BCUT2D eigenvalue weighted by molar-refractivity contribution is 6.06. The lowest BCUT2D eigenvalue weighted by Crippen LogP contribution is -2.34. The van der Waals surface area contributed by atoms with E-state index in [-0.39, 0.29) is 11.8 Å². The third-order valence-corrected chi connectivity index (χ3v) is 5.12. The Hall–Kier alpha value is -3.80. The molecule has 2 N–H and O–H groups in total. The molecule has 31 heavy (non-hydrogen) atoms. The quantitative estimate of drug-likeness (QED) is 0.574. The first-order chi connectivity index (χ1) is 14.9. The van der Waals surface area contributed by atoms with Crippen LogP contribution in [-0.2, 0) is 10.2 Å². The first-order valence-electron chi connectivity index (χ1n) is 9.86. The van der Waals surface area contributed by atoms with Gasteiger partial charge in [-0.2, -0.15) is 0 Å². The second kappa shape index (κ2) is 9.34. The highest BCUT2D eigenvalue weighted by atomic mass is 16.5. The highest BCUT2D eigenvalue weighted by Crippen LogP contribution is 2.37. The minimum absolute atomic E-state index is 0.194. The maximum absolute atomic E-state index is 13.1. The number of hydrogen-bond acceptors (Lipinski definition) is 4. The van der Waals surface area contributed by atoms with Crippen LogP contribution in [0.3, 0.4) is 0 Å². The fourth-order valence-corrected chi connectivity index (χ4v) is 3.14. The summed E-state index contributed by atoms with van der Waals surface area (Å²) in [4.78, 5) is 25.6. The number of methoxy groups -OCH3 is 2. The van der Waals surface area contributed by atoms with E-state index in [1.165, 1.54) is 14.2 Å². The summed E-state index contributed by atoms with van der Waals surface area (Å²) in [6, 6.07) is 21.7. The summed E-state index contributed by atoms with van der Waals surface area (Å²) < 4.78 is 10.9. The summed E-state index contributed by atoms with van der Waals surface area (Å²) in [5.41, 5.74) is 1.54. The number of nitrogens with one attached hydrogen (secondary N) is 2. The fourth-order valence-electron chi connectivity index (χ4n) is 3.14. The highest BCUT2D eigenvalue weighted by Gasteiger charge is 2.30. The second-order valence-electron chi connectivity index (χ2n) is 7.52. The lowest BCUT2D eigenvalue weighted by Gasteiger charge is -2.25. The van der Waals surface area contributed by atoms with Gasteiger partial charge in [0.15, 0.2) is 0 Å². The van der Waals surface area contributed by atoms with Gasteiger partial charge in [-0.15, -0.1) is 0 Å². The molecule has 0 spiro atoms. The molecule has 0 fully saturated rings. The summed E-state index contributed by atoms with van der Waals surface area (Å²) in [6.07, 6.45) is 0. The van der Waals surface area contributed by atoms with Crippen molar-refractivity contribution in [1.29, 1.82) is 0 Å². The minimum atomic E-state index is -0.764. The second-order valence-corrected chi connectivity index (χ2v) is 7.52. The number of carbonyl (C=O) groups excluding carboxylic acids is 2. The third kappa shape index (κ3) is 4.86. The molecule has 6 heteroatoms. The molecule has 0 saturated carbocycles.